The predicted octanol–water partition coefficient (Wildman–Crippen LogP) is 7.57. The third-order valence-corrected chi connectivity index (χ3v) is 8.93. The molecule has 8 rings (SSSR count). The van der Waals surface area contributed by atoms with E-state index in [0.717, 1.165) is 0 Å². The van der Waals surface area contributed by atoms with Crippen LogP contribution in [0.15, 0.2) is 160 Å². The van der Waals surface area contributed by atoms with Gasteiger partial charge in [-0.15, -0.1) is 0 Å². The zero-order valence-electron chi connectivity index (χ0n) is 28.9. The fourth-order valence-electron chi connectivity index (χ4n) is 6.53. The number of nitriles is 5. The Hall–Kier alpha value is -9.02. The second kappa shape index (κ2) is 14.5. The van der Waals surface area contributed by atoms with Gasteiger partial charge in [-0.1, -0.05) is 121 Å². The minimum Gasteiger partial charge on any atom is -0.208 e. The first kappa shape index (κ1) is 34.1. The van der Waals surface area contributed by atoms with E-state index in [1.54, 1.807) is 0 Å². The minimum absolute atomic E-state index is 0.00963. The lowest BCUT2D eigenvalue weighted by Gasteiger charge is -2.14. The van der Waals surface area contributed by atoms with Crippen LogP contribution in [0.1, 0.15) is 11.6 Å². The molecule has 12 nitrogen and oxygen atoms in total. The molecule has 256 valence electrons. The largest absolute Gasteiger partial charge is 0.208 e. The van der Waals surface area contributed by atoms with Crippen LogP contribution in [0.4, 0.5) is 0 Å². The van der Waals surface area contributed by atoms with Crippen molar-refractivity contribution in [3.63, 3.8) is 0 Å². The van der Waals surface area contributed by atoms with Crippen LogP contribution in [0.2, 0.25) is 0 Å². The summed E-state index contributed by atoms with van der Waals surface area (Å²) in [5.74, 6) is 1.03. The molecule has 2 heterocycles. The summed E-state index contributed by atoms with van der Waals surface area (Å²) in [6, 6.07) is 44.9. The van der Waals surface area contributed by atoms with Gasteiger partial charge in [0, 0.05) is 44.5 Å². The Balaban J connectivity index is 1.42. The smallest absolute Gasteiger partial charge is 0.206 e. The van der Waals surface area contributed by atoms with Crippen molar-refractivity contribution in [2.45, 2.75) is 0 Å². The summed E-state index contributed by atoms with van der Waals surface area (Å²) < 4.78 is 0. The third kappa shape index (κ3) is 5.85. The van der Waals surface area contributed by atoms with Gasteiger partial charge in [0.2, 0.25) is 6.19 Å². The first-order valence-electron chi connectivity index (χ1n) is 16.9. The van der Waals surface area contributed by atoms with Gasteiger partial charge in [0.15, 0.2) is 34.9 Å². The van der Waals surface area contributed by atoms with Crippen molar-refractivity contribution < 1.29 is 0 Å². The molecule has 0 saturated carbocycles. The molecule has 56 heavy (non-hydrogen) atoms. The number of rotatable bonds is 6. The number of benzene rings is 4. The van der Waals surface area contributed by atoms with Gasteiger partial charge in [-0.3, -0.25) is 0 Å². The number of nitrogens with zero attached hydrogens (tertiary/aromatic N) is 12. The fourth-order valence-corrected chi connectivity index (χ4v) is 6.53. The summed E-state index contributed by atoms with van der Waals surface area (Å²) in [5.41, 5.74) is 1.90. The maximum absolute atomic E-state index is 11.0. The molecule has 12 heteroatoms. The highest BCUT2D eigenvalue weighted by Gasteiger charge is 2.46. The molecule has 0 N–H and O–H groups in total. The van der Waals surface area contributed by atoms with E-state index in [9.17, 15) is 26.3 Å². The molecule has 2 aromatic heterocycles. The summed E-state index contributed by atoms with van der Waals surface area (Å²) in [4.78, 5) is 32.7. The highest BCUT2D eigenvalue weighted by Crippen LogP contribution is 2.53. The van der Waals surface area contributed by atoms with Gasteiger partial charge in [-0.05, 0) is 0 Å². The van der Waals surface area contributed by atoms with Crippen molar-refractivity contribution in [2.24, 2.45) is 4.99 Å². The van der Waals surface area contributed by atoms with Crippen molar-refractivity contribution in [1.29, 1.82) is 26.3 Å². The summed E-state index contributed by atoms with van der Waals surface area (Å²) >= 11 is 0. The quantitative estimate of drug-likeness (QED) is 0.121. The van der Waals surface area contributed by atoms with E-state index in [4.69, 9.17) is 29.9 Å². The highest BCUT2D eigenvalue weighted by molar-refractivity contribution is 6.41. The minimum atomic E-state index is -0.420. The molecule has 0 spiro atoms. The molecule has 0 radical (unpaired) electrons. The normalized spacial score (nSPS) is 13.8. The Bertz CT molecular complexity index is 2850. The van der Waals surface area contributed by atoms with Crippen molar-refractivity contribution in [2.75, 3.05) is 0 Å². The molecule has 0 amide bonds. The molecule has 4 aromatic carbocycles. The van der Waals surface area contributed by atoms with E-state index in [2.05, 4.69) is 17.1 Å². The Kier molecular flexibility index (Phi) is 8.85. The van der Waals surface area contributed by atoms with E-state index in [1.807, 2.05) is 140 Å². The Labute approximate surface area is 319 Å². The first-order valence-corrected chi connectivity index (χ1v) is 16.9. The summed E-state index contributed by atoms with van der Waals surface area (Å²) in [6.45, 7) is 0. The number of hydrogen-bond acceptors (Lipinski definition) is 12. The molecule has 0 atom stereocenters. The number of hydrogen-bond donors (Lipinski definition) is 0. The highest BCUT2D eigenvalue weighted by atomic mass is 15.1. The van der Waals surface area contributed by atoms with Crippen LogP contribution in [0.3, 0.4) is 0 Å². The second-order valence-electron chi connectivity index (χ2n) is 12.1. The maximum atomic E-state index is 11.0. The van der Waals surface area contributed by atoms with E-state index < -0.39 is 5.57 Å². The van der Waals surface area contributed by atoms with Crippen molar-refractivity contribution in [3.8, 4) is 76.0 Å². The Morgan fingerprint density at radius 1 is 0.393 bits per heavy atom. The zero-order valence-corrected chi connectivity index (χ0v) is 28.9. The average Bonchev–Trinajstić information content (AvgIpc) is 3.77. The number of aliphatic imine (C=N–C) groups is 1. The lowest BCUT2D eigenvalue weighted by Crippen LogP contribution is -2.11. The van der Waals surface area contributed by atoms with Crippen LogP contribution in [0.5, 0.6) is 0 Å². The average molecular weight is 717 g/mol. The molecule has 6 aromatic rings. The molecule has 0 saturated heterocycles. The van der Waals surface area contributed by atoms with Gasteiger partial charge in [0.05, 0.1) is 22.4 Å². The molecule has 2 aliphatic carbocycles. The number of aromatic nitrogens is 6. The predicted molar refractivity (Wildman–Crippen MR) is 205 cm³/mol. The maximum Gasteiger partial charge on any atom is 0.206 e. The first-order chi connectivity index (χ1) is 27.6. The molecule has 0 aliphatic heterocycles. The van der Waals surface area contributed by atoms with E-state index in [0.29, 0.717) is 22.3 Å². The summed E-state index contributed by atoms with van der Waals surface area (Å²) in [7, 11) is 0. The standard InChI is InChI=1S/C44H20N12/c45-21-30(22-46)33-34-31(23-47)37(44-55-41(28-17-9-3-10-18-28)52-42(56-44)29-19-11-4-12-20-29)38(50-25-49)35(34)32(24-48)36(33)43-53-39(26-13-5-1-6-14-26)51-40(54-43)27-15-7-2-8-16-27/h1-20H. The van der Waals surface area contributed by atoms with Crippen LogP contribution < -0.4 is 0 Å². The lowest BCUT2D eigenvalue weighted by atomic mass is 9.91. The van der Waals surface area contributed by atoms with Gasteiger partial charge in [0.25, 0.3) is 0 Å². The summed E-state index contributed by atoms with van der Waals surface area (Å²) in [6.07, 6.45) is 1.81. The molecule has 2 aliphatic rings. The van der Waals surface area contributed by atoms with Crippen molar-refractivity contribution in [1.82, 2.24) is 29.9 Å². The Morgan fingerprint density at radius 2 is 0.732 bits per heavy atom. The molecule has 0 unspecified atom stereocenters. The van der Waals surface area contributed by atoms with E-state index in [1.165, 1.54) is 0 Å². The molecular weight excluding hydrogens is 697 g/mol. The molecule has 0 bridgehead atoms. The topological polar surface area (TPSA) is 209 Å². The molecule has 0 fully saturated rings. The summed E-state index contributed by atoms with van der Waals surface area (Å²) in [5, 5.41) is 52.8. The van der Waals surface area contributed by atoms with E-state index >= 15 is 0 Å². The SMILES string of the molecule is N#CN=C1C2=C(C(C#N)=C1c1nc(-c3ccccc3)nc(-c3ccccc3)n1)C(=C(C#N)C#N)C(c1nc(-c3ccccc3)nc(-c3ccccc3)n1)=C2C#N. The van der Waals surface area contributed by atoms with Gasteiger partial charge in [0.1, 0.15) is 29.8 Å². The van der Waals surface area contributed by atoms with Crippen molar-refractivity contribution in [3.05, 3.63) is 166 Å². The van der Waals surface area contributed by atoms with Crippen LogP contribution in [-0.2, 0) is 0 Å². The van der Waals surface area contributed by atoms with Crippen LogP contribution >= 0.6 is 0 Å². The molecular formula is C44H20N12. The lowest BCUT2D eigenvalue weighted by molar-refractivity contribution is 1.03. The van der Waals surface area contributed by atoms with Gasteiger partial charge < -0.3 is 0 Å². The van der Waals surface area contributed by atoms with Gasteiger partial charge in [-0.25, -0.2) is 29.9 Å². The third-order valence-electron chi connectivity index (χ3n) is 8.93. The van der Waals surface area contributed by atoms with Gasteiger partial charge in [-0.2, -0.15) is 31.3 Å². The monoisotopic (exact) mass is 716 g/mol. The van der Waals surface area contributed by atoms with E-state index in [-0.39, 0.29) is 79.7 Å². The van der Waals surface area contributed by atoms with Gasteiger partial charge >= 0.3 is 0 Å². The van der Waals surface area contributed by atoms with Crippen LogP contribution in [0.25, 0.3) is 56.7 Å². The fraction of sp³-hybridized carbons (Fsp3) is 0. The number of allylic oxidation sites excluding steroid dienone is 8. The Morgan fingerprint density at radius 3 is 1.07 bits per heavy atom. The second-order valence-corrected chi connectivity index (χ2v) is 12.1. The zero-order chi connectivity index (χ0) is 38.6. The van der Waals surface area contributed by atoms with Crippen LogP contribution in [0, 0.1) is 56.8 Å². The van der Waals surface area contributed by atoms with Crippen molar-refractivity contribution >= 4 is 16.9 Å². The van der Waals surface area contributed by atoms with Crippen LogP contribution in [-0.4, -0.2) is 35.6 Å².